The zero-order valence-corrected chi connectivity index (χ0v) is 11.9. The molecular weight excluding hydrogens is 262 g/mol. The van der Waals surface area contributed by atoms with Crippen LogP contribution in [0.4, 0.5) is 0 Å². The monoisotopic (exact) mass is 279 g/mol. The number of hydrogen-bond acceptors (Lipinski definition) is 3. The van der Waals surface area contributed by atoms with Gasteiger partial charge in [-0.3, -0.25) is 4.68 Å². The number of ether oxygens (including phenoxy) is 1. The summed E-state index contributed by atoms with van der Waals surface area (Å²) < 4.78 is 7.56. The van der Waals surface area contributed by atoms with E-state index in [0.717, 1.165) is 18.0 Å². The van der Waals surface area contributed by atoms with E-state index < -0.39 is 0 Å². The van der Waals surface area contributed by atoms with Gasteiger partial charge in [0.15, 0.2) is 0 Å². The fourth-order valence-electron chi connectivity index (χ4n) is 1.85. The van der Waals surface area contributed by atoms with E-state index in [0.29, 0.717) is 11.6 Å². The fourth-order valence-corrected chi connectivity index (χ4v) is 2.03. The van der Waals surface area contributed by atoms with Crippen LogP contribution in [0.2, 0.25) is 5.02 Å². The molecule has 1 aromatic heterocycles. The topological polar surface area (TPSA) is 39.1 Å². The Bertz CT molecular complexity index is 527. The van der Waals surface area contributed by atoms with Crippen molar-refractivity contribution < 1.29 is 4.74 Å². The molecule has 2 aromatic rings. The summed E-state index contributed by atoms with van der Waals surface area (Å²) in [6.07, 6.45) is 1.93. The highest BCUT2D eigenvalue weighted by Gasteiger charge is 2.14. The van der Waals surface area contributed by atoms with Gasteiger partial charge in [0.05, 0.1) is 11.7 Å². The Morgan fingerprint density at radius 2 is 2.26 bits per heavy atom. The Hall–Kier alpha value is -1.52. The molecule has 4 nitrogen and oxygen atoms in total. The van der Waals surface area contributed by atoms with Crippen LogP contribution in [0, 0.1) is 0 Å². The number of aromatic nitrogens is 2. The Labute approximate surface area is 118 Å². The number of nitrogens with zero attached hydrogens (tertiary/aromatic N) is 2. The first-order chi connectivity index (χ1) is 9.19. The predicted octanol–water partition coefficient (Wildman–Crippen LogP) is 2.80. The third-order valence-electron chi connectivity index (χ3n) is 2.75. The zero-order valence-electron chi connectivity index (χ0n) is 11.1. The Kier molecular flexibility index (Phi) is 4.82. The van der Waals surface area contributed by atoms with Crippen molar-refractivity contribution in [1.29, 1.82) is 0 Å². The maximum Gasteiger partial charge on any atom is 0.120 e. The maximum absolute atomic E-state index is 5.93. The van der Waals surface area contributed by atoms with Crippen LogP contribution in [0.25, 0.3) is 0 Å². The summed E-state index contributed by atoms with van der Waals surface area (Å²) in [4.78, 5) is 0. The van der Waals surface area contributed by atoms with E-state index in [4.69, 9.17) is 16.3 Å². The molecule has 0 radical (unpaired) electrons. The molecule has 2 rings (SSSR count). The van der Waals surface area contributed by atoms with Crippen molar-refractivity contribution in [1.82, 2.24) is 15.1 Å². The Balaban J connectivity index is 2.01. The molecule has 0 bridgehead atoms. The maximum atomic E-state index is 5.93. The lowest BCUT2D eigenvalue weighted by atomic mass is 10.2. The van der Waals surface area contributed by atoms with Gasteiger partial charge in [0.2, 0.25) is 0 Å². The lowest BCUT2D eigenvalue weighted by Gasteiger charge is -2.16. The van der Waals surface area contributed by atoms with Crippen molar-refractivity contribution in [2.24, 2.45) is 7.05 Å². The van der Waals surface area contributed by atoms with Crippen LogP contribution in [0.3, 0.4) is 0 Å². The second-order valence-corrected chi connectivity index (χ2v) is 4.73. The van der Waals surface area contributed by atoms with Gasteiger partial charge in [-0.05, 0) is 30.8 Å². The number of hydrogen-bond donors (Lipinski definition) is 1. The molecule has 0 saturated heterocycles. The normalized spacial score (nSPS) is 12.4. The van der Waals surface area contributed by atoms with Crippen LogP contribution >= 0.6 is 11.6 Å². The van der Waals surface area contributed by atoms with E-state index >= 15 is 0 Å². The first kappa shape index (κ1) is 13.9. The largest absolute Gasteiger partial charge is 0.491 e. The van der Waals surface area contributed by atoms with E-state index in [9.17, 15) is 0 Å². The summed E-state index contributed by atoms with van der Waals surface area (Å²) in [6.45, 7) is 3.45. The van der Waals surface area contributed by atoms with Gasteiger partial charge in [0, 0.05) is 18.3 Å². The van der Waals surface area contributed by atoms with Crippen LogP contribution in [-0.4, -0.2) is 22.9 Å². The molecule has 0 saturated carbocycles. The van der Waals surface area contributed by atoms with E-state index in [1.165, 1.54) is 0 Å². The molecule has 0 aliphatic heterocycles. The smallest absolute Gasteiger partial charge is 0.120 e. The number of aryl methyl sites for hydroxylation is 1. The number of rotatable bonds is 6. The Morgan fingerprint density at radius 1 is 1.42 bits per heavy atom. The van der Waals surface area contributed by atoms with Crippen molar-refractivity contribution in [3.63, 3.8) is 0 Å². The molecule has 0 spiro atoms. The minimum absolute atomic E-state index is 0.0742. The zero-order chi connectivity index (χ0) is 13.7. The van der Waals surface area contributed by atoms with E-state index in [1.807, 2.05) is 43.6 Å². The SMILES string of the molecule is CCNC(COc1cccc(Cl)c1)c1ccn(C)n1. The van der Waals surface area contributed by atoms with Gasteiger partial charge < -0.3 is 10.1 Å². The van der Waals surface area contributed by atoms with Gasteiger partial charge in [-0.25, -0.2) is 0 Å². The third-order valence-corrected chi connectivity index (χ3v) is 2.99. The second-order valence-electron chi connectivity index (χ2n) is 4.29. The van der Waals surface area contributed by atoms with Crippen LogP contribution in [0.5, 0.6) is 5.75 Å². The average molecular weight is 280 g/mol. The number of benzene rings is 1. The first-order valence-corrected chi connectivity index (χ1v) is 6.68. The molecule has 1 unspecified atom stereocenters. The number of likely N-dealkylation sites (N-methyl/N-ethyl adjacent to an activating group) is 1. The van der Waals surface area contributed by atoms with Gasteiger partial charge in [-0.2, -0.15) is 5.10 Å². The highest BCUT2D eigenvalue weighted by molar-refractivity contribution is 6.30. The van der Waals surface area contributed by atoms with E-state index in [2.05, 4.69) is 17.3 Å². The van der Waals surface area contributed by atoms with Crippen LogP contribution < -0.4 is 10.1 Å². The summed E-state index contributed by atoms with van der Waals surface area (Å²) in [5.74, 6) is 0.770. The lowest BCUT2D eigenvalue weighted by molar-refractivity contribution is 0.265. The molecule has 1 heterocycles. The summed E-state index contributed by atoms with van der Waals surface area (Å²) >= 11 is 5.93. The molecule has 1 aromatic carbocycles. The molecule has 1 atom stereocenters. The quantitative estimate of drug-likeness (QED) is 0.884. The fraction of sp³-hybridized carbons (Fsp3) is 0.357. The van der Waals surface area contributed by atoms with E-state index in [1.54, 1.807) is 4.68 Å². The average Bonchev–Trinajstić information content (AvgIpc) is 2.81. The van der Waals surface area contributed by atoms with Crippen molar-refractivity contribution in [3.05, 3.63) is 47.2 Å². The minimum atomic E-state index is 0.0742. The molecule has 0 amide bonds. The van der Waals surface area contributed by atoms with Crippen molar-refractivity contribution >= 4 is 11.6 Å². The van der Waals surface area contributed by atoms with Crippen LogP contribution in [0.1, 0.15) is 18.7 Å². The molecular formula is C14H18ClN3O. The minimum Gasteiger partial charge on any atom is -0.491 e. The number of halogens is 1. The first-order valence-electron chi connectivity index (χ1n) is 6.30. The highest BCUT2D eigenvalue weighted by atomic mass is 35.5. The van der Waals surface area contributed by atoms with Crippen molar-refractivity contribution in [2.45, 2.75) is 13.0 Å². The summed E-state index contributed by atoms with van der Waals surface area (Å²) in [7, 11) is 1.91. The lowest BCUT2D eigenvalue weighted by Crippen LogP contribution is -2.27. The van der Waals surface area contributed by atoms with Crippen LogP contribution in [-0.2, 0) is 7.05 Å². The molecule has 102 valence electrons. The molecule has 0 fully saturated rings. The molecule has 0 aliphatic rings. The summed E-state index contributed by atoms with van der Waals surface area (Å²) in [6, 6.07) is 9.48. The number of nitrogens with one attached hydrogen (secondary N) is 1. The van der Waals surface area contributed by atoms with Gasteiger partial charge in [-0.15, -0.1) is 0 Å². The van der Waals surface area contributed by atoms with Gasteiger partial charge in [0.1, 0.15) is 12.4 Å². The predicted molar refractivity (Wildman–Crippen MR) is 76.6 cm³/mol. The summed E-state index contributed by atoms with van der Waals surface area (Å²) in [5.41, 5.74) is 0.978. The van der Waals surface area contributed by atoms with Gasteiger partial charge in [-0.1, -0.05) is 24.6 Å². The van der Waals surface area contributed by atoms with Gasteiger partial charge in [0.25, 0.3) is 0 Å². The second kappa shape index (κ2) is 6.59. The molecule has 1 N–H and O–H groups in total. The van der Waals surface area contributed by atoms with Crippen LogP contribution in [0.15, 0.2) is 36.5 Å². The third kappa shape index (κ3) is 3.98. The van der Waals surface area contributed by atoms with Gasteiger partial charge >= 0.3 is 0 Å². The van der Waals surface area contributed by atoms with Crippen molar-refractivity contribution in [3.8, 4) is 5.75 Å². The molecule has 5 heteroatoms. The molecule has 19 heavy (non-hydrogen) atoms. The molecule has 0 aliphatic carbocycles. The van der Waals surface area contributed by atoms with E-state index in [-0.39, 0.29) is 6.04 Å². The Morgan fingerprint density at radius 3 is 2.89 bits per heavy atom. The summed E-state index contributed by atoms with van der Waals surface area (Å²) in [5, 5.41) is 8.45. The van der Waals surface area contributed by atoms with Crippen molar-refractivity contribution in [2.75, 3.05) is 13.2 Å². The highest BCUT2D eigenvalue weighted by Crippen LogP contribution is 2.19. The standard InChI is InChI=1S/C14H18ClN3O/c1-3-16-14(13-7-8-18(2)17-13)10-19-12-6-4-5-11(15)9-12/h4-9,14,16H,3,10H2,1-2H3.